The molecule has 5 heteroatoms. The number of nitrogens with zero attached hydrogens (tertiary/aromatic N) is 1. The molecule has 1 atom stereocenters. The van der Waals surface area contributed by atoms with Crippen molar-refractivity contribution in [2.24, 2.45) is 0 Å². The molecule has 0 aliphatic carbocycles. The van der Waals surface area contributed by atoms with Gasteiger partial charge in [-0.25, -0.2) is 0 Å². The maximum absolute atomic E-state index is 11.9. The fourth-order valence-corrected chi connectivity index (χ4v) is 2.42. The van der Waals surface area contributed by atoms with E-state index in [4.69, 9.17) is 0 Å². The van der Waals surface area contributed by atoms with Crippen LogP contribution in [0.15, 0.2) is 18.2 Å². The van der Waals surface area contributed by atoms with Crippen LogP contribution in [0, 0.1) is 0 Å². The van der Waals surface area contributed by atoms with Crippen LogP contribution in [0.4, 0.5) is 11.4 Å². The van der Waals surface area contributed by atoms with Gasteiger partial charge >= 0.3 is 0 Å². The van der Waals surface area contributed by atoms with Crippen LogP contribution < -0.4 is 15.5 Å². The molecule has 0 fully saturated rings. The smallest absolute Gasteiger partial charge is 0.238 e. The first-order valence-electron chi connectivity index (χ1n) is 7.45. The lowest BCUT2D eigenvalue weighted by Crippen LogP contribution is -2.33. The molecule has 2 amide bonds. The van der Waals surface area contributed by atoms with Crippen molar-refractivity contribution in [1.29, 1.82) is 0 Å². The van der Waals surface area contributed by atoms with E-state index in [0.29, 0.717) is 12.6 Å². The van der Waals surface area contributed by atoms with Gasteiger partial charge in [0.2, 0.25) is 11.8 Å². The minimum Gasteiger partial charge on any atom is -0.325 e. The fourth-order valence-electron chi connectivity index (χ4n) is 2.42. The number of carbonyl (C=O) groups is 2. The van der Waals surface area contributed by atoms with E-state index in [9.17, 15) is 9.59 Å². The van der Waals surface area contributed by atoms with Crippen molar-refractivity contribution >= 4 is 23.2 Å². The Balaban J connectivity index is 1.97. The summed E-state index contributed by atoms with van der Waals surface area (Å²) in [5.41, 5.74) is 2.85. The molecule has 2 rings (SSSR count). The van der Waals surface area contributed by atoms with Crippen LogP contribution in [-0.2, 0) is 16.0 Å². The topological polar surface area (TPSA) is 61.4 Å². The minimum atomic E-state index is -0.0447. The molecule has 0 saturated heterocycles. The van der Waals surface area contributed by atoms with Crippen molar-refractivity contribution in [3.63, 3.8) is 0 Å². The Morgan fingerprint density at radius 3 is 2.81 bits per heavy atom. The number of nitrogens with one attached hydrogen (secondary N) is 2. The summed E-state index contributed by atoms with van der Waals surface area (Å²) in [5, 5.41) is 6.05. The average Bonchev–Trinajstić information content (AvgIpc) is 2.88. The molecule has 1 aliphatic heterocycles. The molecule has 5 nitrogen and oxygen atoms in total. The van der Waals surface area contributed by atoms with Crippen molar-refractivity contribution < 1.29 is 9.59 Å². The van der Waals surface area contributed by atoms with Crippen LogP contribution in [0.5, 0.6) is 0 Å². The number of hydrogen-bond acceptors (Lipinski definition) is 3. The highest BCUT2D eigenvalue weighted by atomic mass is 16.2. The monoisotopic (exact) mass is 289 g/mol. The third-order valence-corrected chi connectivity index (χ3v) is 3.86. The Kier molecular flexibility index (Phi) is 4.96. The molecule has 1 aromatic carbocycles. The van der Waals surface area contributed by atoms with Crippen molar-refractivity contribution in [2.75, 3.05) is 23.3 Å². The van der Waals surface area contributed by atoms with Crippen LogP contribution in [0.3, 0.4) is 0 Å². The minimum absolute atomic E-state index is 0.0447. The van der Waals surface area contributed by atoms with Crippen LogP contribution >= 0.6 is 0 Å². The standard InChI is InChI=1S/C16H23N3O2/c1-4-11(2)17-10-16(21)18-14-5-6-15-13(9-14)7-8-19(15)12(3)20/h5-6,9,11,17H,4,7-8,10H2,1-3H3,(H,18,21). The Morgan fingerprint density at radius 2 is 2.14 bits per heavy atom. The van der Waals surface area contributed by atoms with Gasteiger partial charge in [-0.1, -0.05) is 6.92 Å². The van der Waals surface area contributed by atoms with Crippen LogP contribution in [-0.4, -0.2) is 30.9 Å². The number of fused-ring (bicyclic) bond motifs is 1. The van der Waals surface area contributed by atoms with E-state index < -0.39 is 0 Å². The molecule has 1 aromatic rings. The van der Waals surface area contributed by atoms with E-state index in [-0.39, 0.29) is 11.8 Å². The summed E-state index contributed by atoms with van der Waals surface area (Å²) in [6.45, 7) is 6.74. The Bertz CT molecular complexity index is 542. The van der Waals surface area contributed by atoms with Crippen molar-refractivity contribution in [1.82, 2.24) is 5.32 Å². The van der Waals surface area contributed by atoms with Gasteiger partial charge in [-0.2, -0.15) is 0 Å². The normalized spacial score (nSPS) is 14.7. The summed E-state index contributed by atoms with van der Waals surface area (Å²) in [6, 6.07) is 6.04. The summed E-state index contributed by atoms with van der Waals surface area (Å²) in [4.78, 5) is 25.1. The lowest BCUT2D eigenvalue weighted by atomic mass is 10.1. The summed E-state index contributed by atoms with van der Waals surface area (Å²) < 4.78 is 0. The van der Waals surface area contributed by atoms with Crippen molar-refractivity contribution in [3.8, 4) is 0 Å². The largest absolute Gasteiger partial charge is 0.325 e. The molecule has 1 unspecified atom stereocenters. The molecule has 0 bridgehead atoms. The number of rotatable bonds is 5. The van der Waals surface area contributed by atoms with Gasteiger partial charge in [0.05, 0.1) is 6.54 Å². The van der Waals surface area contributed by atoms with E-state index in [1.807, 2.05) is 18.2 Å². The van der Waals surface area contributed by atoms with E-state index in [0.717, 1.165) is 36.3 Å². The molecule has 2 N–H and O–H groups in total. The van der Waals surface area contributed by atoms with Crippen LogP contribution in [0.2, 0.25) is 0 Å². The van der Waals surface area contributed by atoms with Crippen LogP contribution in [0.1, 0.15) is 32.8 Å². The lowest BCUT2D eigenvalue weighted by Gasteiger charge is -2.15. The number of hydrogen-bond donors (Lipinski definition) is 2. The first kappa shape index (κ1) is 15.5. The SMILES string of the molecule is CCC(C)NCC(=O)Nc1ccc2c(c1)CCN2C(C)=O. The molecule has 21 heavy (non-hydrogen) atoms. The summed E-state index contributed by atoms with van der Waals surface area (Å²) >= 11 is 0. The number of benzene rings is 1. The second-order valence-corrected chi connectivity index (χ2v) is 5.50. The molecule has 0 radical (unpaired) electrons. The third kappa shape index (κ3) is 3.82. The second-order valence-electron chi connectivity index (χ2n) is 5.50. The first-order valence-corrected chi connectivity index (χ1v) is 7.45. The van der Waals surface area contributed by atoms with Crippen molar-refractivity contribution in [2.45, 2.75) is 39.7 Å². The first-order chi connectivity index (χ1) is 10.0. The zero-order valence-electron chi connectivity index (χ0n) is 12.9. The van der Waals surface area contributed by atoms with E-state index >= 15 is 0 Å². The summed E-state index contributed by atoms with van der Waals surface area (Å²) in [5.74, 6) is 0.0139. The molecule has 0 aromatic heterocycles. The molecule has 114 valence electrons. The predicted molar refractivity (Wildman–Crippen MR) is 84.6 cm³/mol. The second kappa shape index (κ2) is 6.72. The van der Waals surface area contributed by atoms with Crippen LogP contribution in [0.25, 0.3) is 0 Å². The third-order valence-electron chi connectivity index (χ3n) is 3.86. The van der Waals surface area contributed by atoms with E-state index in [1.165, 1.54) is 0 Å². The molecule has 0 spiro atoms. The lowest BCUT2D eigenvalue weighted by molar-refractivity contribution is -0.116. The maximum Gasteiger partial charge on any atom is 0.238 e. The molecule has 1 aliphatic rings. The predicted octanol–water partition coefficient (Wildman–Crippen LogP) is 1.92. The molecule has 0 saturated carbocycles. The van der Waals surface area contributed by atoms with Crippen molar-refractivity contribution in [3.05, 3.63) is 23.8 Å². The zero-order valence-corrected chi connectivity index (χ0v) is 12.9. The van der Waals surface area contributed by atoms with Gasteiger partial charge in [0, 0.05) is 30.9 Å². The summed E-state index contributed by atoms with van der Waals surface area (Å²) in [7, 11) is 0. The molecule has 1 heterocycles. The van der Waals surface area contributed by atoms with E-state index in [2.05, 4.69) is 24.5 Å². The van der Waals surface area contributed by atoms with Gasteiger partial charge in [0.1, 0.15) is 0 Å². The number of anilines is 2. The number of carbonyl (C=O) groups excluding carboxylic acids is 2. The Morgan fingerprint density at radius 1 is 1.38 bits per heavy atom. The fraction of sp³-hybridized carbons (Fsp3) is 0.500. The van der Waals surface area contributed by atoms with Gasteiger partial charge in [0.15, 0.2) is 0 Å². The summed E-state index contributed by atoms with van der Waals surface area (Å²) in [6.07, 6.45) is 1.83. The average molecular weight is 289 g/mol. The Hall–Kier alpha value is -1.88. The molecular formula is C16H23N3O2. The Labute approximate surface area is 125 Å². The van der Waals surface area contributed by atoms with Gasteiger partial charge in [-0.3, -0.25) is 9.59 Å². The highest BCUT2D eigenvalue weighted by Crippen LogP contribution is 2.30. The van der Waals surface area contributed by atoms with Gasteiger partial charge < -0.3 is 15.5 Å². The number of amides is 2. The van der Waals surface area contributed by atoms with Gasteiger partial charge in [0.25, 0.3) is 0 Å². The maximum atomic E-state index is 11.9. The quantitative estimate of drug-likeness (QED) is 0.870. The van der Waals surface area contributed by atoms with E-state index in [1.54, 1.807) is 11.8 Å². The molecular weight excluding hydrogens is 266 g/mol. The highest BCUT2D eigenvalue weighted by Gasteiger charge is 2.22. The van der Waals surface area contributed by atoms with Gasteiger partial charge in [-0.05, 0) is 43.5 Å². The van der Waals surface area contributed by atoms with Gasteiger partial charge in [-0.15, -0.1) is 0 Å². The highest BCUT2D eigenvalue weighted by molar-refractivity contribution is 5.96. The zero-order chi connectivity index (χ0) is 15.4.